The first-order valence-corrected chi connectivity index (χ1v) is 7.70. The fourth-order valence-electron chi connectivity index (χ4n) is 2.31. The summed E-state index contributed by atoms with van der Waals surface area (Å²) in [4.78, 5) is 17.0. The van der Waals surface area contributed by atoms with Crippen LogP contribution in [0.5, 0.6) is 0 Å². The molecule has 1 aromatic heterocycles. The Kier molecular flexibility index (Phi) is 8.32. The van der Waals surface area contributed by atoms with E-state index in [9.17, 15) is 10.1 Å². The van der Waals surface area contributed by atoms with Crippen molar-refractivity contribution in [2.24, 2.45) is 12.0 Å². The van der Waals surface area contributed by atoms with Crippen LogP contribution in [-0.2, 0) is 20.1 Å². The Bertz CT molecular complexity index is 731. The van der Waals surface area contributed by atoms with Crippen molar-refractivity contribution in [2.45, 2.75) is 20.0 Å². The highest BCUT2D eigenvalue weighted by Gasteiger charge is 2.09. The summed E-state index contributed by atoms with van der Waals surface area (Å²) in [5, 5.41) is 18.2. The molecule has 2 aromatic rings. The van der Waals surface area contributed by atoms with Gasteiger partial charge < -0.3 is 10.2 Å². The number of nitrogens with zero attached hydrogens (tertiary/aromatic N) is 5. The zero-order chi connectivity index (χ0) is 17.5. The lowest BCUT2D eigenvalue weighted by atomic mass is 10.2. The number of hydrogen-bond acceptors (Lipinski definition) is 4. The topological polar surface area (TPSA) is 88.6 Å². The molecular weight excluding hydrogens is 435 g/mol. The quantitative estimate of drug-likeness (QED) is 0.236. The number of aryl methyl sites for hydroxylation is 1. The average Bonchev–Trinajstić information content (AvgIpc) is 2.96. The second kappa shape index (κ2) is 9.97. The van der Waals surface area contributed by atoms with Gasteiger partial charge >= 0.3 is 0 Å². The monoisotopic (exact) mass is 458 g/mol. The number of nitro benzene ring substituents is 1. The van der Waals surface area contributed by atoms with Crippen molar-refractivity contribution in [2.75, 3.05) is 13.6 Å². The van der Waals surface area contributed by atoms with Gasteiger partial charge in [0.1, 0.15) is 0 Å². The second-order valence-electron chi connectivity index (χ2n) is 5.48. The lowest BCUT2D eigenvalue weighted by Crippen LogP contribution is -2.38. The highest BCUT2D eigenvalue weighted by atomic mass is 127. The Balaban J connectivity index is 0.00000312. The molecule has 2 rings (SSSR count). The van der Waals surface area contributed by atoms with Crippen LogP contribution in [0.1, 0.15) is 18.1 Å². The van der Waals surface area contributed by atoms with Gasteiger partial charge in [-0.1, -0.05) is 12.1 Å². The van der Waals surface area contributed by atoms with Crippen molar-refractivity contribution in [3.8, 4) is 0 Å². The Labute approximate surface area is 164 Å². The van der Waals surface area contributed by atoms with E-state index in [1.165, 1.54) is 6.07 Å². The van der Waals surface area contributed by atoms with Crippen LogP contribution in [0.15, 0.2) is 41.7 Å². The summed E-state index contributed by atoms with van der Waals surface area (Å²) in [5.74, 6) is 0.743. The van der Waals surface area contributed by atoms with Crippen molar-refractivity contribution in [1.82, 2.24) is 20.0 Å². The molecule has 9 heteroatoms. The van der Waals surface area contributed by atoms with Gasteiger partial charge in [-0.25, -0.2) is 4.99 Å². The van der Waals surface area contributed by atoms with Gasteiger partial charge in [-0.3, -0.25) is 14.8 Å². The maximum absolute atomic E-state index is 10.8. The van der Waals surface area contributed by atoms with Crippen LogP contribution >= 0.6 is 24.0 Å². The van der Waals surface area contributed by atoms with E-state index in [2.05, 4.69) is 15.4 Å². The van der Waals surface area contributed by atoms with Crippen molar-refractivity contribution >= 4 is 35.6 Å². The fourth-order valence-corrected chi connectivity index (χ4v) is 2.31. The van der Waals surface area contributed by atoms with Gasteiger partial charge in [-0.15, -0.1) is 24.0 Å². The highest BCUT2D eigenvalue weighted by molar-refractivity contribution is 14.0. The van der Waals surface area contributed by atoms with Crippen LogP contribution in [0.25, 0.3) is 0 Å². The molecule has 0 radical (unpaired) electrons. The number of benzene rings is 1. The minimum atomic E-state index is -0.396. The summed E-state index contributed by atoms with van der Waals surface area (Å²) in [6.45, 7) is 3.79. The Morgan fingerprint density at radius 3 is 2.80 bits per heavy atom. The van der Waals surface area contributed by atoms with Gasteiger partial charge in [0.05, 0.1) is 17.7 Å². The van der Waals surface area contributed by atoms with E-state index >= 15 is 0 Å². The standard InChI is InChI=1S/C16H22N6O2.HI/c1-4-17-16(20(2)11-14-10-19-21(3)12-14)18-9-13-6-5-7-15(8-13)22(23)24;/h5-8,10,12H,4,9,11H2,1-3H3,(H,17,18);1H. The number of aromatic nitrogens is 2. The van der Waals surface area contributed by atoms with Crippen LogP contribution in [0.3, 0.4) is 0 Å². The van der Waals surface area contributed by atoms with E-state index in [-0.39, 0.29) is 29.7 Å². The Hall–Kier alpha value is -2.17. The first-order valence-electron chi connectivity index (χ1n) is 7.70. The molecule has 0 spiro atoms. The van der Waals surface area contributed by atoms with Crippen LogP contribution in [0.4, 0.5) is 5.69 Å². The molecule has 0 aliphatic rings. The smallest absolute Gasteiger partial charge is 0.269 e. The predicted molar refractivity (Wildman–Crippen MR) is 108 cm³/mol. The molecule has 1 heterocycles. The van der Waals surface area contributed by atoms with E-state index in [1.807, 2.05) is 44.4 Å². The fraction of sp³-hybridized carbons (Fsp3) is 0.375. The molecule has 136 valence electrons. The summed E-state index contributed by atoms with van der Waals surface area (Å²) >= 11 is 0. The zero-order valence-corrected chi connectivity index (χ0v) is 16.9. The van der Waals surface area contributed by atoms with Crippen LogP contribution in [0, 0.1) is 10.1 Å². The molecule has 0 saturated heterocycles. The second-order valence-corrected chi connectivity index (χ2v) is 5.48. The van der Waals surface area contributed by atoms with E-state index in [0.717, 1.165) is 23.6 Å². The van der Waals surface area contributed by atoms with Crippen molar-refractivity contribution in [1.29, 1.82) is 0 Å². The third-order valence-corrected chi connectivity index (χ3v) is 3.41. The van der Waals surface area contributed by atoms with Gasteiger partial charge in [-0.2, -0.15) is 5.10 Å². The number of nitrogens with one attached hydrogen (secondary N) is 1. The molecule has 0 unspecified atom stereocenters. The van der Waals surface area contributed by atoms with Gasteiger partial charge in [0.25, 0.3) is 5.69 Å². The van der Waals surface area contributed by atoms with E-state index in [1.54, 1.807) is 16.8 Å². The van der Waals surface area contributed by atoms with Crippen molar-refractivity contribution < 1.29 is 4.92 Å². The third kappa shape index (κ3) is 6.33. The summed E-state index contributed by atoms with van der Waals surface area (Å²) in [7, 11) is 3.83. The van der Waals surface area contributed by atoms with Gasteiger partial charge in [0, 0.05) is 51.1 Å². The number of aliphatic imine (C=N–C) groups is 1. The molecule has 0 aliphatic heterocycles. The predicted octanol–water partition coefficient (Wildman–Crippen LogP) is 2.54. The summed E-state index contributed by atoms with van der Waals surface area (Å²) in [6.07, 6.45) is 3.78. The Morgan fingerprint density at radius 2 is 2.20 bits per heavy atom. The Morgan fingerprint density at radius 1 is 1.44 bits per heavy atom. The maximum atomic E-state index is 10.8. The molecule has 0 saturated carbocycles. The molecule has 0 amide bonds. The minimum absolute atomic E-state index is 0. The van der Waals surface area contributed by atoms with Crippen LogP contribution < -0.4 is 5.32 Å². The number of guanidine groups is 1. The largest absolute Gasteiger partial charge is 0.357 e. The van der Waals surface area contributed by atoms with Gasteiger partial charge in [-0.05, 0) is 12.5 Å². The van der Waals surface area contributed by atoms with E-state index in [0.29, 0.717) is 13.1 Å². The van der Waals surface area contributed by atoms with Crippen LogP contribution in [0.2, 0.25) is 0 Å². The van der Waals surface area contributed by atoms with Crippen molar-refractivity contribution in [3.63, 3.8) is 0 Å². The normalized spacial score (nSPS) is 10.9. The number of nitro groups is 1. The van der Waals surface area contributed by atoms with Crippen molar-refractivity contribution in [3.05, 3.63) is 57.9 Å². The summed E-state index contributed by atoms with van der Waals surface area (Å²) in [5.41, 5.74) is 1.96. The average molecular weight is 458 g/mol. The number of non-ortho nitro benzene ring substituents is 1. The highest BCUT2D eigenvalue weighted by Crippen LogP contribution is 2.14. The number of halogens is 1. The zero-order valence-electron chi connectivity index (χ0n) is 14.5. The van der Waals surface area contributed by atoms with Gasteiger partial charge in [0.15, 0.2) is 5.96 Å². The minimum Gasteiger partial charge on any atom is -0.357 e. The molecule has 0 aliphatic carbocycles. The summed E-state index contributed by atoms with van der Waals surface area (Å²) in [6, 6.07) is 6.54. The number of rotatable bonds is 6. The molecule has 8 nitrogen and oxygen atoms in total. The lowest BCUT2D eigenvalue weighted by Gasteiger charge is -2.21. The third-order valence-electron chi connectivity index (χ3n) is 3.41. The van der Waals surface area contributed by atoms with Crippen LogP contribution in [-0.4, -0.2) is 39.2 Å². The van der Waals surface area contributed by atoms with E-state index < -0.39 is 4.92 Å². The molecule has 0 atom stereocenters. The molecule has 0 bridgehead atoms. The molecular formula is C16H23IN6O2. The maximum Gasteiger partial charge on any atom is 0.269 e. The van der Waals surface area contributed by atoms with E-state index in [4.69, 9.17) is 0 Å². The van der Waals surface area contributed by atoms with Gasteiger partial charge in [0.2, 0.25) is 0 Å². The molecule has 1 N–H and O–H groups in total. The molecule has 0 fully saturated rings. The summed E-state index contributed by atoms with van der Waals surface area (Å²) < 4.78 is 1.76. The molecule has 1 aromatic carbocycles. The number of hydrogen-bond donors (Lipinski definition) is 1. The SMILES string of the molecule is CCNC(=NCc1cccc([N+](=O)[O-])c1)N(C)Cc1cnn(C)c1.I. The molecule has 25 heavy (non-hydrogen) atoms. The first-order chi connectivity index (χ1) is 11.5. The lowest BCUT2D eigenvalue weighted by molar-refractivity contribution is -0.384. The first kappa shape index (κ1) is 20.9.